The second kappa shape index (κ2) is 6.17. The van der Waals surface area contributed by atoms with Crippen LogP contribution in [0.25, 0.3) is 0 Å². The summed E-state index contributed by atoms with van der Waals surface area (Å²) in [7, 11) is 4.20. The lowest BCUT2D eigenvalue weighted by molar-refractivity contribution is -0.0825. The van der Waals surface area contributed by atoms with Gasteiger partial charge in [-0.1, -0.05) is 13.8 Å². The minimum absolute atomic E-state index is 0.0260. The Hall–Kier alpha value is -0.120. The Bertz CT molecular complexity index is 216. The summed E-state index contributed by atoms with van der Waals surface area (Å²) in [5, 5.41) is 0. The van der Waals surface area contributed by atoms with Gasteiger partial charge in [-0.25, -0.2) is 0 Å². The molecule has 0 unspecified atom stereocenters. The molecule has 0 spiro atoms. The number of ether oxygens (including phenoxy) is 1. The quantitative estimate of drug-likeness (QED) is 0.726. The smallest absolute Gasteiger partial charge is 0.0804 e. The summed E-state index contributed by atoms with van der Waals surface area (Å²) >= 11 is 0. The number of nitrogens with two attached hydrogens (primary N) is 1. The monoisotopic (exact) mass is 242 g/mol. The Labute approximate surface area is 107 Å². The first-order chi connectivity index (χ1) is 7.89. The van der Waals surface area contributed by atoms with Crippen molar-refractivity contribution < 1.29 is 4.74 Å². The van der Waals surface area contributed by atoms with Crippen molar-refractivity contribution >= 4 is 0 Å². The molecule has 1 saturated carbocycles. The molecule has 0 saturated heterocycles. The van der Waals surface area contributed by atoms with Crippen molar-refractivity contribution in [1.29, 1.82) is 0 Å². The van der Waals surface area contributed by atoms with Crippen LogP contribution in [-0.4, -0.2) is 44.3 Å². The zero-order valence-corrected chi connectivity index (χ0v) is 12.1. The van der Waals surface area contributed by atoms with E-state index in [1.165, 1.54) is 12.8 Å². The third kappa shape index (κ3) is 4.94. The van der Waals surface area contributed by atoms with Crippen molar-refractivity contribution in [2.75, 3.05) is 33.8 Å². The van der Waals surface area contributed by atoms with Crippen LogP contribution in [0.2, 0.25) is 0 Å². The number of hydrogen-bond acceptors (Lipinski definition) is 3. The Morgan fingerprint density at radius 2 is 1.71 bits per heavy atom. The summed E-state index contributed by atoms with van der Waals surface area (Å²) < 4.78 is 6.11. The van der Waals surface area contributed by atoms with Gasteiger partial charge >= 0.3 is 0 Å². The first-order valence-corrected chi connectivity index (χ1v) is 6.88. The standard InChI is InChI=1S/C14H30N2O/c1-13(2)6-8-14(12-15,9-7-13)17-11-5-10-16(3)4/h5-12,15H2,1-4H3. The van der Waals surface area contributed by atoms with E-state index in [2.05, 4.69) is 32.8 Å². The molecular formula is C14H30N2O. The van der Waals surface area contributed by atoms with Crippen LogP contribution in [0.3, 0.4) is 0 Å². The summed E-state index contributed by atoms with van der Waals surface area (Å²) in [5.74, 6) is 0. The molecule has 2 N–H and O–H groups in total. The van der Waals surface area contributed by atoms with Gasteiger partial charge in [-0.05, 0) is 58.2 Å². The Kier molecular flexibility index (Phi) is 5.42. The molecule has 17 heavy (non-hydrogen) atoms. The number of nitrogens with zero attached hydrogens (tertiary/aromatic N) is 1. The predicted molar refractivity (Wildman–Crippen MR) is 73.2 cm³/mol. The maximum atomic E-state index is 6.11. The van der Waals surface area contributed by atoms with Crippen LogP contribution in [0.15, 0.2) is 0 Å². The normalized spacial score (nSPS) is 22.9. The molecule has 0 radical (unpaired) electrons. The average molecular weight is 242 g/mol. The van der Waals surface area contributed by atoms with E-state index < -0.39 is 0 Å². The number of rotatable bonds is 6. The van der Waals surface area contributed by atoms with Gasteiger partial charge in [-0.3, -0.25) is 0 Å². The first kappa shape index (κ1) is 14.9. The van der Waals surface area contributed by atoms with Crippen molar-refractivity contribution in [2.24, 2.45) is 11.1 Å². The van der Waals surface area contributed by atoms with Crippen LogP contribution in [0.4, 0.5) is 0 Å². The Balaban J connectivity index is 2.32. The Morgan fingerprint density at radius 3 is 2.18 bits per heavy atom. The molecule has 0 amide bonds. The molecule has 3 nitrogen and oxygen atoms in total. The van der Waals surface area contributed by atoms with Crippen LogP contribution in [0.1, 0.15) is 46.0 Å². The molecule has 1 aliphatic rings. The second-order valence-electron chi connectivity index (χ2n) is 6.56. The van der Waals surface area contributed by atoms with Crippen LogP contribution in [0.5, 0.6) is 0 Å². The van der Waals surface area contributed by atoms with Gasteiger partial charge in [0, 0.05) is 13.2 Å². The molecule has 0 aliphatic heterocycles. The molecule has 0 atom stereocenters. The fraction of sp³-hybridized carbons (Fsp3) is 1.00. The summed E-state index contributed by atoms with van der Waals surface area (Å²) in [6, 6.07) is 0. The van der Waals surface area contributed by atoms with E-state index in [0.717, 1.165) is 32.4 Å². The van der Waals surface area contributed by atoms with Crippen molar-refractivity contribution in [1.82, 2.24) is 4.90 Å². The van der Waals surface area contributed by atoms with Crippen LogP contribution >= 0.6 is 0 Å². The Morgan fingerprint density at radius 1 is 1.12 bits per heavy atom. The lowest BCUT2D eigenvalue weighted by Gasteiger charge is -2.43. The van der Waals surface area contributed by atoms with E-state index >= 15 is 0 Å². The fourth-order valence-corrected chi connectivity index (χ4v) is 2.46. The highest BCUT2D eigenvalue weighted by molar-refractivity contribution is 4.91. The minimum Gasteiger partial charge on any atom is -0.374 e. The molecule has 1 fully saturated rings. The lowest BCUT2D eigenvalue weighted by Crippen LogP contribution is -2.45. The van der Waals surface area contributed by atoms with E-state index in [-0.39, 0.29) is 5.60 Å². The largest absolute Gasteiger partial charge is 0.374 e. The van der Waals surface area contributed by atoms with E-state index in [0.29, 0.717) is 12.0 Å². The van der Waals surface area contributed by atoms with Gasteiger partial charge in [0.15, 0.2) is 0 Å². The summed E-state index contributed by atoms with van der Waals surface area (Å²) in [5.41, 5.74) is 6.39. The predicted octanol–water partition coefficient (Wildman–Crippen LogP) is 2.25. The van der Waals surface area contributed by atoms with Crippen molar-refractivity contribution in [3.8, 4) is 0 Å². The molecule has 3 heteroatoms. The molecule has 0 bridgehead atoms. The average Bonchev–Trinajstić information content (AvgIpc) is 2.27. The molecule has 1 rings (SSSR count). The van der Waals surface area contributed by atoms with E-state index in [1.54, 1.807) is 0 Å². The lowest BCUT2D eigenvalue weighted by atomic mass is 9.71. The maximum absolute atomic E-state index is 6.11. The molecule has 1 aliphatic carbocycles. The zero-order valence-electron chi connectivity index (χ0n) is 12.1. The molecular weight excluding hydrogens is 212 g/mol. The molecule has 0 aromatic rings. The van der Waals surface area contributed by atoms with Crippen molar-refractivity contribution in [3.05, 3.63) is 0 Å². The van der Waals surface area contributed by atoms with Gasteiger partial charge in [0.05, 0.1) is 5.60 Å². The van der Waals surface area contributed by atoms with Crippen LogP contribution in [-0.2, 0) is 4.74 Å². The second-order valence-corrected chi connectivity index (χ2v) is 6.56. The van der Waals surface area contributed by atoms with Crippen LogP contribution < -0.4 is 5.73 Å². The van der Waals surface area contributed by atoms with Gasteiger partial charge in [-0.15, -0.1) is 0 Å². The molecule has 0 aromatic heterocycles. The summed E-state index contributed by atoms with van der Waals surface area (Å²) in [6.07, 6.45) is 5.81. The first-order valence-electron chi connectivity index (χ1n) is 6.88. The highest BCUT2D eigenvalue weighted by Gasteiger charge is 2.37. The molecule has 0 aromatic carbocycles. The van der Waals surface area contributed by atoms with Gasteiger partial charge in [0.1, 0.15) is 0 Å². The third-order valence-corrected chi connectivity index (χ3v) is 4.04. The number of hydrogen-bond donors (Lipinski definition) is 1. The van der Waals surface area contributed by atoms with Crippen molar-refractivity contribution in [3.63, 3.8) is 0 Å². The van der Waals surface area contributed by atoms with Crippen LogP contribution in [0, 0.1) is 5.41 Å². The van der Waals surface area contributed by atoms with Gasteiger partial charge in [-0.2, -0.15) is 0 Å². The zero-order chi connectivity index (χ0) is 12.9. The highest BCUT2D eigenvalue weighted by Crippen LogP contribution is 2.41. The highest BCUT2D eigenvalue weighted by atomic mass is 16.5. The molecule has 102 valence electrons. The topological polar surface area (TPSA) is 38.5 Å². The van der Waals surface area contributed by atoms with Gasteiger partial charge in [0.2, 0.25) is 0 Å². The summed E-state index contributed by atoms with van der Waals surface area (Å²) in [4.78, 5) is 2.20. The maximum Gasteiger partial charge on any atom is 0.0804 e. The van der Waals surface area contributed by atoms with E-state index in [4.69, 9.17) is 10.5 Å². The summed E-state index contributed by atoms with van der Waals surface area (Å²) in [6.45, 7) is 7.30. The fourth-order valence-electron chi connectivity index (χ4n) is 2.46. The van der Waals surface area contributed by atoms with Gasteiger partial charge in [0.25, 0.3) is 0 Å². The van der Waals surface area contributed by atoms with Crippen molar-refractivity contribution in [2.45, 2.75) is 51.6 Å². The van der Waals surface area contributed by atoms with E-state index in [9.17, 15) is 0 Å². The SMILES string of the molecule is CN(C)CCCOC1(CN)CCC(C)(C)CC1. The molecule has 0 heterocycles. The van der Waals surface area contributed by atoms with E-state index in [1.807, 2.05) is 0 Å². The van der Waals surface area contributed by atoms with Gasteiger partial charge < -0.3 is 15.4 Å². The third-order valence-electron chi connectivity index (χ3n) is 4.04. The minimum atomic E-state index is -0.0260.